The monoisotopic (exact) mass is 501 g/mol. The summed E-state index contributed by atoms with van der Waals surface area (Å²) in [6.07, 6.45) is -0.766. The van der Waals surface area contributed by atoms with E-state index in [1.807, 2.05) is 31.2 Å². The van der Waals surface area contributed by atoms with Gasteiger partial charge in [0.25, 0.3) is 5.91 Å². The van der Waals surface area contributed by atoms with E-state index < -0.39 is 24.1 Å². The van der Waals surface area contributed by atoms with Gasteiger partial charge in [-0.2, -0.15) is 0 Å². The Morgan fingerprint density at radius 3 is 2.57 bits per heavy atom. The fourth-order valence-electron chi connectivity index (χ4n) is 5.31. The molecule has 2 aromatic carbocycles. The molecule has 3 heterocycles. The van der Waals surface area contributed by atoms with Crippen LogP contribution in [-0.4, -0.2) is 71.9 Å². The molecule has 10 heteroatoms. The number of rotatable bonds is 5. The number of halogens is 2. The molecule has 186 valence electrons. The molecule has 0 radical (unpaired) electrons. The second kappa shape index (κ2) is 9.29. The van der Waals surface area contributed by atoms with E-state index in [1.165, 1.54) is 17.0 Å². The van der Waals surface area contributed by atoms with Crippen molar-refractivity contribution in [3.05, 3.63) is 58.9 Å². The lowest BCUT2D eigenvalue weighted by atomic mass is 10.0. The Morgan fingerprint density at radius 1 is 1.14 bits per heavy atom. The number of carbonyl (C=O) groups excluding carboxylic acids is 2. The Hall–Kier alpha value is -2.88. The van der Waals surface area contributed by atoms with Gasteiger partial charge in [0.2, 0.25) is 0 Å². The molecule has 35 heavy (non-hydrogen) atoms. The van der Waals surface area contributed by atoms with Gasteiger partial charge in [-0.1, -0.05) is 24.6 Å². The van der Waals surface area contributed by atoms with E-state index >= 15 is 0 Å². The molecule has 0 spiro atoms. The second-order valence-corrected chi connectivity index (χ2v) is 9.74. The van der Waals surface area contributed by atoms with Crippen LogP contribution in [0.25, 0.3) is 0 Å². The largest absolute Gasteiger partial charge is 0.494 e. The summed E-state index contributed by atoms with van der Waals surface area (Å²) in [4.78, 5) is 33.9. The molecule has 0 bridgehead atoms. The van der Waals surface area contributed by atoms with E-state index in [0.717, 1.165) is 22.9 Å². The van der Waals surface area contributed by atoms with E-state index in [-0.39, 0.29) is 35.2 Å². The van der Waals surface area contributed by atoms with E-state index in [4.69, 9.17) is 16.3 Å². The van der Waals surface area contributed by atoms with Crippen LogP contribution >= 0.6 is 11.6 Å². The highest BCUT2D eigenvalue weighted by molar-refractivity contribution is 6.31. The molecule has 3 saturated heterocycles. The van der Waals surface area contributed by atoms with Gasteiger partial charge < -0.3 is 14.5 Å². The highest BCUT2D eigenvalue weighted by Crippen LogP contribution is 2.35. The molecule has 2 aromatic rings. The fraction of sp³-hybridized carbons (Fsp3) is 0.440. The van der Waals surface area contributed by atoms with E-state index in [1.54, 1.807) is 13.1 Å². The first kappa shape index (κ1) is 23.8. The van der Waals surface area contributed by atoms with Crippen molar-refractivity contribution >= 4 is 29.2 Å². The van der Waals surface area contributed by atoms with Gasteiger partial charge in [-0.15, -0.1) is 0 Å². The molecule has 3 fully saturated rings. The van der Waals surface area contributed by atoms with Gasteiger partial charge in [0, 0.05) is 36.4 Å². The highest BCUT2D eigenvalue weighted by atomic mass is 35.5. The number of fused-ring (bicyclic) bond motifs is 3. The smallest absolute Gasteiger partial charge is 0.328 e. The van der Waals surface area contributed by atoms with Crippen molar-refractivity contribution in [3.8, 4) is 5.75 Å². The lowest BCUT2D eigenvalue weighted by molar-refractivity contribution is -0.139. The molecular formula is C25H29ClFN5O3. The van der Waals surface area contributed by atoms with Crippen molar-refractivity contribution in [2.24, 2.45) is 5.92 Å². The average molecular weight is 502 g/mol. The number of imide groups is 1. The number of ether oxygens (including phenoxy) is 1. The van der Waals surface area contributed by atoms with Crippen molar-refractivity contribution in [2.75, 3.05) is 31.6 Å². The van der Waals surface area contributed by atoms with Crippen LogP contribution in [0.2, 0.25) is 5.02 Å². The number of urea groups is 1. The van der Waals surface area contributed by atoms with E-state index in [9.17, 15) is 14.0 Å². The minimum Gasteiger partial charge on any atom is -0.494 e. The number of nitrogens with zero attached hydrogens (tertiary/aromatic N) is 4. The SMILES string of the molecule is CCOc1ccc(N2CC(C)CN3C4C(=O)N(Cc5c(F)cccc5Cl)C(=O)N(C)C4NC23)cc1. The number of amides is 3. The normalized spacial score (nSPS) is 26.7. The van der Waals surface area contributed by atoms with E-state index in [0.29, 0.717) is 13.2 Å². The Bertz CT molecular complexity index is 1110. The molecule has 0 saturated carbocycles. The number of carbonyl (C=O) groups is 2. The van der Waals surface area contributed by atoms with Crippen molar-refractivity contribution in [2.45, 2.75) is 38.9 Å². The maximum Gasteiger partial charge on any atom is 0.328 e. The first-order valence-electron chi connectivity index (χ1n) is 11.8. The first-order chi connectivity index (χ1) is 16.8. The average Bonchev–Trinajstić information content (AvgIpc) is 3.22. The molecule has 3 aliphatic rings. The molecule has 4 atom stereocenters. The van der Waals surface area contributed by atoms with Crippen molar-refractivity contribution in [1.82, 2.24) is 20.0 Å². The maximum atomic E-state index is 14.5. The zero-order valence-corrected chi connectivity index (χ0v) is 20.7. The minimum absolute atomic E-state index is 0.133. The topological polar surface area (TPSA) is 68.4 Å². The van der Waals surface area contributed by atoms with Gasteiger partial charge in [0.1, 0.15) is 30.1 Å². The summed E-state index contributed by atoms with van der Waals surface area (Å²) in [7, 11) is 1.67. The van der Waals surface area contributed by atoms with Gasteiger partial charge in [-0.25, -0.2) is 9.18 Å². The standard InChI is InChI=1S/C25H29ClFN5O3/c1-4-35-17-10-8-16(9-11-17)30-12-15(2)13-31-21-22(28-24(30)31)29(3)25(34)32(23(21)33)14-18-19(26)6-5-7-20(18)27/h5-11,15,21-22,24,28H,4,12-14H2,1-3H3. The summed E-state index contributed by atoms with van der Waals surface area (Å²) in [5.41, 5.74) is 1.13. The quantitative estimate of drug-likeness (QED) is 0.678. The third kappa shape index (κ3) is 4.11. The zero-order valence-electron chi connectivity index (χ0n) is 19.9. The van der Waals surface area contributed by atoms with E-state index in [2.05, 4.69) is 22.0 Å². The lowest BCUT2D eigenvalue weighted by Gasteiger charge is -2.46. The summed E-state index contributed by atoms with van der Waals surface area (Å²) in [5.74, 6) is 0.185. The predicted molar refractivity (Wildman–Crippen MR) is 130 cm³/mol. The van der Waals surface area contributed by atoms with Crippen molar-refractivity contribution in [3.63, 3.8) is 0 Å². The third-order valence-electron chi connectivity index (χ3n) is 6.94. The lowest BCUT2D eigenvalue weighted by Crippen LogP contribution is -2.66. The zero-order chi connectivity index (χ0) is 24.9. The van der Waals surface area contributed by atoms with Gasteiger partial charge in [-0.3, -0.25) is 19.9 Å². The second-order valence-electron chi connectivity index (χ2n) is 9.33. The molecule has 5 rings (SSSR count). The van der Waals surface area contributed by atoms with Crippen LogP contribution in [0.15, 0.2) is 42.5 Å². The summed E-state index contributed by atoms with van der Waals surface area (Å²) < 4.78 is 20.1. The third-order valence-corrected chi connectivity index (χ3v) is 7.30. The maximum absolute atomic E-state index is 14.5. The fourth-order valence-corrected chi connectivity index (χ4v) is 5.53. The molecule has 3 aliphatic heterocycles. The molecule has 0 aliphatic carbocycles. The molecule has 1 N–H and O–H groups in total. The molecular weight excluding hydrogens is 473 g/mol. The van der Waals surface area contributed by atoms with Crippen LogP contribution in [0.4, 0.5) is 14.9 Å². The van der Waals surface area contributed by atoms with Crippen LogP contribution in [0.3, 0.4) is 0 Å². The number of nitrogens with one attached hydrogen (secondary N) is 1. The minimum atomic E-state index is -0.596. The van der Waals surface area contributed by atoms with Crippen LogP contribution in [-0.2, 0) is 11.3 Å². The Balaban J connectivity index is 1.44. The predicted octanol–water partition coefficient (Wildman–Crippen LogP) is 3.31. The number of hydrogen-bond acceptors (Lipinski definition) is 6. The summed E-state index contributed by atoms with van der Waals surface area (Å²) >= 11 is 6.20. The van der Waals surface area contributed by atoms with Gasteiger partial charge >= 0.3 is 6.03 Å². The number of benzene rings is 2. The van der Waals surface area contributed by atoms with Crippen LogP contribution < -0.4 is 15.0 Å². The molecule has 0 aromatic heterocycles. The highest BCUT2D eigenvalue weighted by Gasteiger charge is 2.56. The van der Waals surface area contributed by atoms with Gasteiger partial charge in [-0.05, 0) is 49.2 Å². The number of anilines is 1. The van der Waals surface area contributed by atoms with Crippen molar-refractivity contribution in [1.29, 1.82) is 0 Å². The van der Waals surface area contributed by atoms with Crippen LogP contribution in [0.1, 0.15) is 19.4 Å². The number of hydrogen-bond donors (Lipinski definition) is 1. The van der Waals surface area contributed by atoms with Crippen molar-refractivity contribution < 1.29 is 18.7 Å². The number of likely N-dealkylation sites (N-methyl/N-ethyl adjacent to an activating group) is 1. The van der Waals surface area contributed by atoms with Crippen LogP contribution in [0, 0.1) is 11.7 Å². The Labute approximate surface area is 209 Å². The summed E-state index contributed by atoms with van der Waals surface area (Å²) in [6, 6.07) is 11.1. The Kier molecular flexibility index (Phi) is 6.33. The summed E-state index contributed by atoms with van der Waals surface area (Å²) in [6.45, 7) is 5.95. The Morgan fingerprint density at radius 2 is 1.89 bits per heavy atom. The summed E-state index contributed by atoms with van der Waals surface area (Å²) in [5, 5.41) is 3.69. The molecule has 3 amide bonds. The molecule has 4 unspecified atom stereocenters. The molecule has 8 nitrogen and oxygen atoms in total. The van der Waals surface area contributed by atoms with Gasteiger partial charge in [0.15, 0.2) is 0 Å². The first-order valence-corrected chi connectivity index (χ1v) is 12.2. The van der Waals surface area contributed by atoms with Crippen LogP contribution in [0.5, 0.6) is 5.75 Å². The van der Waals surface area contributed by atoms with Gasteiger partial charge in [0.05, 0.1) is 13.2 Å².